The molecule has 2 aromatic rings. The number of anilines is 1. The van der Waals surface area contributed by atoms with Crippen LogP contribution in [0, 0.1) is 0 Å². The van der Waals surface area contributed by atoms with Crippen LogP contribution in [0.15, 0.2) is 65.0 Å². The number of carbonyl (C=O) groups is 1. The minimum Gasteiger partial charge on any atom is -0.307 e. The highest BCUT2D eigenvalue weighted by atomic mass is 35.5. The predicted octanol–water partition coefficient (Wildman–Crippen LogP) is 5.07. The molecule has 0 saturated carbocycles. The molecule has 1 atom stereocenters. The second kappa shape index (κ2) is 7.69. The van der Waals surface area contributed by atoms with Crippen LogP contribution in [0.5, 0.6) is 0 Å². The van der Waals surface area contributed by atoms with E-state index in [0.29, 0.717) is 5.02 Å². The topological polar surface area (TPSA) is 32.7 Å². The number of aliphatic imine (C=N–C) groups is 1. The maximum Gasteiger partial charge on any atom is 0.214 e. The molecule has 24 heavy (non-hydrogen) atoms. The Morgan fingerprint density at radius 1 is 1.25 bits per heavy atom. The number of rotatable bonds is 5. The monoisotopic (exact) mass is 356 g/mol. The van der Waals surface area contributed by atoms with Crippen LogP contribution in [0.2, 0.25) is 5.02 Å². The molecule has 5 heteroatoms. The molecular formula is C19H17ClN2OS. The molecule has 0 fully saturated rings. The van der Waals surface area contributed by atoms with E-state index in [-0.39, 0.29) is 6.04 Å². The molecule has 0 N–H and O–H groups in total. The maximum absolute atomic E-state index is 11.7. The van der Waals surface area contributed by atoms with Crippen LogP contribution in [0.3, 0.4) is 0 Å². The zero-order valence-electron chi connectivity index (χ0n) is 13.2. The number of thioether (sulfide) groups is 1. The van der Waals surface area contributed by atoms with E-state index in [1.807, 2.05) is 60.9 Å². The Balaban J connectivity index is 1.97. The van der Waals surface area contributed by atoms with Gasteiger partial charge in [-0.3, -0.25) is 9.79 Å². The highest BCUT2D eigenvalue weighted by molar-refractivity contribution is 8.02. The summed E-state index contributed by atoms with van der Waals surface area (Å²) >= 11 is 7.64. The van der Waals surface area contributed by atoms with Gasteiger partial charge < -0.3 is 4.90 Å². The number of para-hydroxylation sites is 1. The van der Waals surface area contributed by atoms with Gasteiger partial charge in [0.1, 0.15) is 0 Å². The number of nitrogens with zero attached hydrogens (tertiary/aromatic N) is 2. The van der Waals surface area contributed by atoms with Gasteiger partial charge in [0.2, 0.25) is 6.41 Å². The molecule has 1 aliphatic heterocycles. The molecule has 3 nitrogen and oxygen atoms in total. The summed E-state index contributed by atoms with van der Waals surface area (Å²) in [5.74, 6) is 0.875. The Kier molecular flexibility index (Phi) is 5.38. The summed E-state index contributed by atoms with van der Waals surface area (Å²) in [6, 6.07) is 15.3. The summed E-state index contributed by atoms with van der Waals surface area (Å²) in [5.41, 5.74) is 3.51. The van der Waals surface area contributed by atoms with Crippen LogP contribution in [-0.2, 0) is 4.79 Å². The first-order valence-corrected chi connectivity index (χ1v) is 9.04. The predicted molar refractivity (Wildman–Crippen MR) is 104 cm³/mol. The van der Waals surface area contributed by atoms with Crippen LogP contribution >= 0.6 is 23.4 Å². The molecule has 1 heterocycles. The van der Waals surface area contributed by atoms with Crippen molar-refractivity contribution in [1.82, 2.24) is 0 Å². The highest BCUT2D eigenvalue weighted by Gasteiger charge is 2.21. The van der Waals surface area contributed by atoms with Gasteiger partial charge in [-0.1, -0.05) is 35.9 Å². The fraction of sp³-hybridized carbons (Fsp3) is 0.158. The first-order chi connectivity index (χ1) is 11.7. The third-order valence-electron chi connectivity index (χ3n) is 3.83. The third kappa shape index (κ3) is 3.71. The smallest absolute Gasteiger partial charge is 0.214 e. The summed E-state index contributed by atoms with van der Waals surface area (Å²) < 4.78 is 0. The van der Waals surface area contributed by atoms with Crippen LogP contribution in [0.25, 0.3) is 0 Å². The number of carbonyl (C=O) groups excluding carboxylic acids is 1. The van der Waals surface area contributed by atoms with Crippen LogP contribution in [-0.4, -0.2) is 23.9 Å². The van der Waals surface area contributed by atoms with Crippen molar-refractivity contribution in [1.29, 1.82) is 0 Å². The minimum atomic E-state index is 0.0805. The summed E-state index contributed by atoms with van der Waals surface area (Å²) in [6.07, 6.45) is 2.96. The van der Waals surface area contributed by atoms with Crippen LogP contribution in [0.4, 0.5) is 11.4 Å². The van der Waals surface area contributed by atoms with Gasteiger partial charge in [0, 0.05) is 22.1 Å². The lowest BCUT2D eigenvalue weighted by atomic mass is 10.1. The normalized spacial score (nSPS) is 17.1. The van der Waals surface area contributed by atoms with E-state index in [2.05, 4.69) is 11.1 Å². The van der Waals surface area contributed by atoms with Crippen molar-refractivity contribution in [2.75, 3.05) is 10.7 Å². The summed E-state index contributed by atoms with van der Waals surface area (Å²) in [4.78, 5) is 18.1. The van der Waals surface area contributed by atoms with Crippen molar-refractivity contribution in [2.24, 2.45) is 4.99 Å². The first kappa shape index (κ1) is 16.8. The van der Waals surface area contributed by atoms with Gasteiger partial charge in [0.15, 0.2) is 0 Å². The molecule has 1 unspecified atom stereocenters. The third-order valence-corrected chi connectivity index (χ3v) is 4.97. The van der Waals surface area contributed by atoms with Gasteiger partial charge in [-0.05, 0) is 42.7 Å². The second-order valence-electron chi connectivity index (χ2n) is 5.43. The highest BCUT2D eigenvalue weighted by Crippen LogP contribution is 2.28. The maximum atomic E-state index is 11.7. The van der Waals surface area contributed by atoms with E-state index in [4.69, 9.17) is 11.6 Å². The van der Waals surface area contributed by atoms with Gasteiger partial charge in [-0.15, -0.1) is 11.8 Å². The van der Waals surface area contributed by atoms with Gasteiger partial charge in [0.25, 0.3) is 0 Å². The molecule has 122 valence electrons. The van der Waals surface area contributed by atoms with E-state index in [0.717, 1.165) is 34.8 Å². The summed E-state index contributed by atoms with van der Waals surface area (Å²) in [6.45, 7) is 1.95. The number of halogens is 1. The van der Waals surface area contributed by atoms with Crippen LogP contribution < -0.4 is 4.90 Å². The molecule has 0 radical (unpaired) electrons. The SMILES string of the molecule is CC(=Nc1ccc(Cl)cc1)c1ccccc1N(C=O)C1C=CSC1. The minimum absolute atomic E-state index is 0.0805. The fourth-order valence-electron chi connectivity index (χ4n) is 2.62. The van der Waals surface area contributed by atoms with Crippen molar-refractivity contribution in [3.05, 3.63) is 70.6 Å². The molecule has 0 aromatic heterocycles. The molecular weight excluding hydrogens is 340 g/mol. The molecule has 0 aliphatic carbocycles. The molecule has 0 bridgehead atoms. The zero-order chi connectivity index (χ0) is 16.9. The molecule has 2 aromatic carbocycles. The van der Waals surface area contributed by atoms with Crippen molar-refractivity contribution in [3.63, 3.8) is 0 Å². The van der Waals surface area contributed by atoms with E-state index < -0.39 is 0 Å². The molecule has 0 saturated heterocycles. The zero-order valence-corrected chi connectivity index (χ0v) is 14.8. The van der Waals surface area contributed by atoms with E-state index in [1.54, 1.807) is 16.7 Å². The van der Waals surface area contributed by atoms with E-state index >= 15 is 0 Å². The van der Waals surface area contributed by atoms with Crippen LogP contribution in [0.1, 0.15) is 12.5 Å². The number of hydrogen-bond acceptors (Lipinski definition) is 3. The largest absolute Gasteiger partial charge is 0.307 e. The Labute approximate surface area is 151 Å². The lowest BCUT2D eigenvalue weighted by Gasteiger charge is -2.25. The van der Waals surface area contributed by atoms with Gasteiger partial charge in [0.05, 0.1) is 17.4 Å². The van der Waals surface area contributed by atoms with Gasteiger partial charge >= 0.3 is 0 Å². The molecule has 0 spiro atoms. The second-order valence-corrected chi connectivity index (χ2v) is 6.81. The molecule has 1 aliphatic rings. The van der Waals surface area contributed by atoms with Crippen molar-refractivity contribution >= 4 is 46.9 Å². The number of benzene rings is 2. The quantitative estimate of drug-likeness (QED) is 0.553. The summed E-state index contributed by atoms with van der Waals surface area (Å²) in [7, 11) is 0. The standard InChI is InChI=1S/C19H17ClN2OS/c1-14(21-16-8-6-15(20)7-9-16)18-4-2-3-5-19(18)22(13-23)17-10-11-24-12-17/h2-11,13,17H,12H2,1H3. The number of amides is 1. The Morgan fingerprint density at radius 2 is 2.00 bits per heavy atom. The van der Waals surface area contributed by atoms with E-state index in [9.17, 15) is 4.79 Å². The Morgan fingerprint density at radius 3 is 2.67 bits per heavy atom. The van der Waals surface area contributed by atoms with Crippen molar-refractivity contribution in [2.45, 2.75) is 13.0 Å². The lowest BCUT2D eigenvalue weighted by Crippen LogP contribution is -2.34. The van der Waals surface area contributed by atoms with Gasteiger partial charge in [-0.2, -0.15) is 0 Å². The lowest BCUT2D eigenvalue weighted by molar-refractivity contribution is -0.107. The Hall–Kier alpha value is -2.04. The average molecular weight is 357 g/mol. The fourth-order valence-corrected chi connectivity index (χ4v) is 3.62. The average Bonchev–Trinajstić information content (AvgIpc) is 3.12. The molecule has 1 amide bonds. The van der Waals surface area contributed by atoms with Gasteiger partial charge in [-0.25, -0.2) is 0 Å². The molecule has 3 rings (SSSR count). The summed E-state index contributed by atoms with van der Waals surface area (Å²) in [5, 5.41) is 2.72. The first-order valence-electron chi connectivity index (χ1n) is 7.61. The Bertz CT molecular complexity index is 786. The van der Waals surface area contributed by atoms with E-state index in [1.165, 1.54) is 0 Å². The number of hydrogen-bond donors (Lipinski definition) is 0. The van der Waals surface area contributed by atoms with Crippen molar-refractivity contribution < 1.29 is 4.79 Å². The van der Waals surface area contributed by atoms with Crippen molar-refractivity contribution in [3.8, 4) is 0 Å².